The van der Waals surface area contributed by atoms with Gasteiger partial charge in [0.05, 0.1) is 5.69 Å². The lowest BCUT2D eigenvalue weighted by Crippen LogP contribution is -2.12. The molecule has 1 aromatic carbocycles. The van der Waals surface area contributed by atoms with Crippen molar-refractivity contribution < 1.29 is 4.79 Å². The molecule has 0 aromatic heterocycles. The molecule has 0 radical (unpaired) electrons. The standard InChI is InChI=1S/C12H16Br2N2O/c1-2-3-4-5-11(17)16-12-9(13)6-8(15)7-10(12)14/h6-7H,2-5,15H2,1H3,(H,16,17). The second kappa shape index (κ2) is 7.01. The van der Waals surface area contributed by atoms with Crippen LogP contribution in [0.5, 0.6) is 0 Å². The van der Waals surface area contributed by atoms with Crippen molar-refractivity contribution in [2.45, 2.75) is 32.6 Å². The summed E-state index contributed by atoms with van der Waals surface area (Å²) in [6, 6.07) is 3.54. The molecule has 0 bridgehead atoms. The van der Waals surface area contributed by atoms with Crippen LogP contribution in [0.2, 0.25) is 0 Å². The van der Waals surface area contributed by atoms with Crippen LogP contribution in [0, 0.1) is 0 Å². The van der Waals surface area contributed by atoms with E-state index in [0.717, 1.165) is 33.9 Å². The maximum Gasteiger partial charge on any atom is 0.224 e. The maximum absolute atomic E-state index is 11.7. The Labute approximate surface area is 118 Å². The molecule has 5 heteroatoms. The van der Waals surface area contributed by atoms with Crippen molar-refractivity contribution in [1.29, 1.82) is 0 Å². The minimum atomic E-state index is 0.0321. The quantitative estimate of drug-likeness (QED) is 0.604. The van der Waals surface area contributed by atoms with Gasteiger partial charge in [-0.05, 0) is 50.4 Å². The van der Waals surface area contributed by atoms with Crippen molar-refractivity contribution in [3.63, 3.8) is 0 Å². The first kappa shape index (κ1) is 14.5. The number of benzene rings is 1. The van der Waals surface area contributed by atoms with Crippen LogP contribution in [0.1, 0.15) is 32.6 Å². The Bertz CT molecular complexity index is 384. The highest BCUT2D eigenvalue weighted by Gasteiger charge is 2.09. The van der Waals surface area contributed by atoms with Crippen molar-refractivity contribution in [1.82, 2.24) is 0 Å². The van der Waals surface area contributed by atoms with Gasteiger partial charge in [0.2, 0.25) is 5.91 Å². The van der Waals surface area contributed by atoms with E-state index in [0.29, 0.717) is 12.1 Å². The summed E-state index contributed by atoms with van der Waals surface area (Å²) >= 11 is 6.77. The lowest BCUT2D eigenvalue weighted by Gasteiger charge is -2.10. The summed E-state index contributed by atoms with van der Waals surface area (Å²) in [5.41, 5.74) is 7.07. The number of anilines is 2. The average Bonchev–Trinajstić information content (AvgIpc) is 2.24. The van der Waals surface area contributed by atoms with Gasteiger partial charge in [-0.2, -0.15) is 0 Å². The van der Waals surface area contributed by atoms with E-state index in [1.165, 1.54) is 0 Å². The number of halogens is 2. The van der Waals surface area contributed by atoms with Gasteiger partial charge in [0, 0.05) is 21.1 Å². The van der Waals surface area contributed by atoms with Gasteiger partial charge in [-0.3, -0.25) is 4.79 Å². The van der Waals surface area contributed by atoms with Crippen LogP contribution in [0.3, 0.4) is 0 Å². The van der Waals surface area contributed by atoms with E-state index >= 15 is 0 Å². The SMILES string of the molecule is CCCCCC(=O)Nc1c(Br)cc(N)cc1Br. The molecule has 1 amide bonds. The van der Waals surface area contributed by atoms with E-state index in [1.807, 2.05) is 0 Å². The number of carbonyl (C=O) groups excluding carboxylic acids is 1. The van der Waals surface area contributed by atoms with Gasteiger partial charge in [-0.1, -0.05) is 19.8 Å². The van der Waals surface area contributed by atoms with Crippen molar-refractivity contribution in [2.24, 2.45) is 0 Å². The molecule has 0 aliphatic heterocycles. The molecule has 0 fully saturated rings. The fourth-order valence-electron chi connectivity index (χ4n) is 1.45. The van der Waals surface area contributed by atoms with E-state index < -0.39 is 0 Å². The Morgan fingerprint density at radius 2 is 1.88 bits per heavy atom. The molecule has 0 saturated carbocycles. The highest BCUT2D eigenvalue weighted by Crippen LogP contribution is 2.33. The topological polar surface area (TPSA) is 55.1 Å². The highest BCUT2D eigenvalue weighted by atomic mass is 79.9. The predicted molar refractivity (Wildman–Crippen MR) is 79.0 cm³/mol. The molecule has 0 unspecified atom stereocenters. The molecule has 94 valence electrons. The molecule has 0 atom stereocenters. The summed E-state index contributed by atoms with van der Waals surface area (Å²) in [5.74, 6) is 0.0321. The third kappa shape index (κ3) is 4.68. The number of unbranched alkanes of at least 4 members (excludes halogenated alkanes) is 2. The number of nitrogens with two attached hydrogens (primary N) is 1. The Hall–Kier alpha value is -0.550. The summed E-state index contributed by atoms with van der Waals surface area (Å²) < 4.78 is 1.57. The molecule has 0 aliphatic carbocycles. The zero-order valence-corrected chi connectivity index (χ0v) is 12.9. The molecule has 0 heterocycles. The third-order valence-electron chi connectivity index (χ3n) is 2.34. The van der Waals surface area contributed by atoms with Crippen molar-refractivity contribution in [3.05, 3.63) is 21.1 Å². The Balaban J connectivity index is 2.65. The Kier molecular flexibility index (Phi) is 5.98. The van der Waals surface area contributed by atoms with Gasteiger partial charge in [-0.15, -0.1) is 0 Å². The molecule has 0 saturated heterocycles. The lowest BCUT2D eigenvalue weighted by molar-refractivity contribution is -0.116. The molecule has 17 heavy (non-hydrogen) atoms. The van der Waals surface area contributed by atoms with Crippen LogP contribution in [0.25, 0.3) is 0 Å². The molecular weight excluding hydrogens is 348 g/mol. The summed E-state index contributed by atoms with van der Waals surface area (Å²) in [6.07, 6.45) is 3.67. The summed E-state index contributed by atoms with van der Waals surface area (Å²) in [6.45, 7) is 2.12. The highest BCUT2D eigenvalue weighted by molar-refractivity contribution is 9.11. The number of nitrogen functional groups attached to an aromatic ring is 1. The van der Waals surface area contributed by atoms with Crippen LogP contribution in [0.4, 0.5) is 11.4 Å². The number of amides is 1. The number of carbonyl (C=O) groups is 1. The van der Waals surface area contributed by atoms with E-state index in [4.69, 9.17) is 5.73 Å². The second-order valence-corrected chi connectivity index (χ2v) is 5.57. The molecular formula is C12H16Br2N2O. The Morgan fingerprint density at radius 3 is 2.41 bits per heavy atom. The normalized spacial score (nSPS) is 10.3. The van der Waals surface area contributed by atoms with Crippen molar-refractivity contribution >= 4 is 49.1 Å². The van der Waals surface area contributed by atoms with Gasteiger partial charge in [0.25, 0.3) is 0 Å². The predicted octanol–water partition coefficient (Wildman–Crippen LogP) is 4.31. The van der Waals surface area contributed by atoms with E-state index in [9.17, 15) is 4.79 Å². The zero-order chi connectivity index (χ0) is 12.8. The molecule has 1 aromatic rings. The number of rotatable bonds is 5. The molecule has 3 nitrogen and oxygen atoms in total. The number of nitrogens with one attached hydrogen (secondary N) is 1. The monoisotopic (exact) mass is 362 g/mol. The van der Waals surface area contributed by atoms with E-state index in [2.05, 4.69) is 44.1 Å². The fourth-order valence-corrected chi connectivity index (χ4v) is 2.87. The zero-order valence-electron chi connectivity index (χ0n) is 9.72. The van der Waals surface area contributed by atoms with E-state index in [1.54, 1.807) is 12.1 Å². The van der Waals surface area contributed by atoms with Gasteiger partial charge in [0.15, 0.2) is 0 Å². The second-order valence-electron chi connectivity index (χ2n) is 3.86. The average molecular weight is 364 g/mol. The van der Waals surface area contributed by atoms with Gasteiger partial charge >= 0.3 is 0 Å². The van der Waals surface area contributed by atoms with Crippen LogP contribution in [-0.4, -0.2) is 5.91 Å². The summed E-state index contributed by atoms with van der Waals surface area (Å²) in [7, 11) is 0. The fraction of sp³-hybridized carbons (Fsp3) is 0.417. The maximum atomic E-state index is 11.7. The van der Waals surface area contributed by atoms with Crippen LogP contribution in [-0.2, 0) is 4.79 Å². The van der Waals surface area contributed by atoms with E-state index in [-0.39, 0.29) is 5.91 Å². The Morgan fingerprint density at radius 1 is 1.29 bits per heavy atom. The van der Waals surface area contributed by atoms with Crippen LogP contribution >= 0.6 is 31.9 Å². The molecule has 1 rings (SSSR count). The smallest absolute Gasteiger partial charge is 0.224 e. The van der Waals surface area contributed by atoms with Gasteiger partial charge in [0.1, 0.15) is 0 Å². The van der Waals surface area contributed by atoms with Crippen LogP contribution in [0.15, 0.2) is 21.1 Å². The van der Waals surface area contributed by atoms with Gasteiger partial charge in [-0.25, -0.2) is 0 Å². The number of hydrogen-bond donors (Lipinski definition) is 2. The lowest BCUT2D eigenvalue weighted by atomic mass is 10.2. The molecule has 0 aliphatic rings. The first-order valence-corrected chi connectivity index (χ1v) is 7.17. The first-order valence-electron chi connectivity index (χ1n) is 5.59. The van der Waals surface area contributed by atoms with Crippen LogP contribution < -0.4 is 11.1 Å². The first-order chi connectivity index (χ1) is 8.04. The molecule has 0 spiro atoms. The van der Waals surface area contributed by atoms with Crippen molar-refractivity contribution in [2.75, 3.05) is 11.1 Å². The molecule has 3 N–H and O–H groups in total. The largest absolute Gasteiger partial charge is 0.399 e. The number of hydrogen-bond acceptors (Lipinski definition) is 2. The van der Waals surface area contributed by atoms with Gasteiger partial charge < -0.3 is 11.1 Å². The van der Waals surface area contributed by atoms with Crippen molar-refractivity contribution in [3.8, 4) is 0 Å². The summed E-state index contributed by atoms with van der Waals surface area (Å²) in [5, 5.41) is 2.88. The third-order valence-corrected chi connectivity index (χ3v) is 3.59. The summed E-state index contributed by atoms with van der Waals surface area (Å²) in [4.78, 5) is 11.7. The minimum absolute atomic E-state index is 0.0321. The minimum Gasteiger partial charge on any atom is -0.399 e.